The van der Waals surface area contributed by atoms with E-state index in [1.54, 1.807) is 0 Å². The number of hydrogen-bond acceptors (Lipinski definition) is 4. The molecule has 7 heteroatoms. The molecule has 0 atom stereocenters. The van der Waals surface area contributed by atoms with Gasteiger partial charge in [0.15, 0.2) is 15.6 Å². The zero-order chi connectivity index (χ0) is 21.4. The molecule has 0 unspecified atom stereocenters. The lowest BCUT2D eigenvalue weighted by molar-refractivity contribution is 0.104. The van der Waals surface area contributed by atoms with Crippen LogP contribution >= 0.6 is 15.9 Å². The van der Waals surface area contributed by atoms with Gasteiger partial charge in [0, 0.05) is 4.47 Å². The average Bonchev–Trinajstić information content (AvgIpc) is 3.03. The van der Waals surface area contributed by atoms with Crippen molar-refractivity contribution in [2.45, 2.75) is 65.2 Å². The first-order valence-corrected chi connectivity index (χ1v) is 12.0. The van der Waals surface area contributed by atoms with Crippen LogP contribution in [0, 0.1) is 0 Å². The van der Waals surface area contributed by atoms with Crippen molar-refractivity contribution in [3.05, 3.63) is 46.7 Å². The van der Waals surface area contributed by atoms with Gasteiger partial charge in [0.1, 0.15) is 5.75 Å². The molecule has 0 saturated carbocycles. The largest absolute Gasteiger partial charge is 0.490 e. The number of halogens is 1. The highest BCUT2D eigenvalue weighted by Crippen LogP contribution is 2.33. The fourth-order valence-electron chi connectivity index (χ4n) is 2.94. The second-order valence-electron chi connectivity index (χ2n) is 9.30. The SMILES string of the molecule is CC(C)Oc1cc(Br)cc2c1cnn2-c1cccc(C(C)(C)O[SiH2]C(C)(C)C)n1. The second kappa shape index (κ2) is 8.20. The summed E-state index contributed by atoms with van der Waals surface area (Å²) in [6.07, 6.45) is 1.92. The predicted molar refractivity (Wildman–Crippen MR) is 125 cm³/mol. The summed E-state index contributed by atoms with van der Waals surface area (Å²) in [4.78, 5) is 4.90. The maximum Gasteiger partial charge on any atom is 0.168 e. The number of aromatic nitrogens is 3. The minimum Gasteiger partial charge on any atom is -0.490 e. The first-order chi connectivity index (χ1) is 13.5. The first kappa shape index (κ1) is 22.0. The third kappa shape index (κ3) is 5.27. The molecule has 0 aliphatic carbocycles. The fourth-order valence-corrected chi connectivity index (χ4v) is 4.31. The first-order valence-electron chi connectivity index (χ1n) is 9.92. The fraction of sp³-hybridized carbons (Fsp3) is 0.455. The van der Waals surface area contributed by atoms with Crippen molar-refractivity contribution < 1.29 is 9.16 Å². The van der Waals surface area contributed by atoms with Gasteiger partial charge in [-0.15, -0.1) is 0 Å². The Morgan fingerprint density at radius 3 is 2.48 bits per heavy atom. The van der Waals surface area contributed by atoms with Gasteiger partial charge in [-0.25, -0.2) is 9.67 Å². The van der Waals surface area contributed by atoms with Crippen molar-refractivity contribution in [3.8, 4) is 11.6 Å². The molecule has 0 N–H and O–H groups in total. The number of pyridine rings is 1. The Bertz CT molecular complexity index is 1010. The molecule has 0 amide bonds. The Kier molecular flexibility index (Phi) is 6.22. The highest BCUT2D eigenvalue weighted by Gasteiger charge is 2.26. The van der Waals surface area contributed by atoms with E-state index in [1.807, 2.05) is 55.1 Å². The van der Waals surface area contributed by atoms with Gasteiger partial charge in [0.2, 0.25) is 0 Å². The molecule has 5 nitrogen and oxygen atoms in total. The van der Waals surface area contributed by atoms with Gasteiger partial charge in [-0.2, -0.15) is 5.10 Å². The third-order valence-corrected chi connectivity index (χ3v) is 6.60. The molecule has 3 aromatic rings. The van der Waals surface area contributed by atoms with E-state index >= 15 is 0 Å². The minimum absolute atomic E-state index is 0.0854. The monoisotopic (exact) mass is 475 g/mol. The van der Waals surface area contributed by atoms with Crippen molar-refractivity contribution >= 4 is 36.6 Å². The predicted octanol–water partition coefficient (Wildman–Crippen LogP) is 5.52. The Hall–Kier alpha value is -1.70. The van der Waals surface area contributed by atoms with Crippen molar-refractivity contribution in [3.63, 3.8) is 0 Å². The maximum absolute atomic E-state index is 6.34. The molecule has 0 aliphatic heterocycles. The van der Waals surface area contributed by atoms with Gasteiger partial charge >= 0.3 is 0 Å². The Labute approximate surface area is 183 Å². The van der Waals surface area contributed by atoms with Gasteiger partial charge in [0.05, 0.1) is 34.5 Å². The molecular formula is C22H30BrN3O2Si. The van der Waals surface area contributed by atoms with Gasteiger partial charge < -0.3 is 9.16 Å². The van der Waals surface area contributed by atoms with Crippen LogP contribution in [0.3, 0.4) is 0 Å². The van der Waals surface area contributed by atoms with E-state index in [9.17, 15) is 0 Å². The molecule has 2 heterocycles. The summed E-state index contributed by atoms with van der Waals surface area (Å²) in [5.74, 6) is 1.58. The van der Waals surface area contributed by atoms with Crippen LogP contribution in [0.4, 0.5) is 0 Å². The van der Waals surface area contributed by atoms with E-state index in [-0.39, 0.29) is 11.1 Å². The zero-order valence-corrected chi connectivity index (χ0v) is 21.3. The Morgan fingerprint density at radius 2 is 1.83 bits per heavy atom. The summed E-state index contributed by atoms with van der Waals surface area (Å²) >= 11 is 3.59. The third-order valence-electron chi connectivity index (χ3n) is 4.41. The van der Waals surface area contributed by atoms with Crippen LogP contribution in [0.15, 0.2) is 41.0 Å². The van der Waals surface area contributed by atoms with E-state index in [0.29, 0.717) is 0 Å². The Balaban J connectivity index is 2.01. The normalized spacial score (nSPS) is 13.1. The van der Waals surface area contributed by atoms with E-state index in [4.69, 9.17) is 14.1 Å². The standard InChI is InChI=1S/C22H30BrN3O2Si/c1-14(2)27-18-12-15(23)11-17-16(18)13-24-26(17)20-10-8-9-19(25-20)22(6,7)28-29-21(3,4)5/h8-14H,29H2,1-7H3. The summed E-state index contributed by atoms with van der Waals surface area (Å²) < 4.78 is 15.1. The lowest BCUT2D eigenvalue weighted by Gasteiger charge is -2.29. The van der Waals surface area contributed by atoms with Gasteiger partial charge in [-0.3, -0.25) is 0 Å². The second-order valence-corrected chi connectivity index (χ2v) is 12.9. The molecular weight excluding hydrogens is 446 g/mol. The van der Waals surface area contributed by atoms with E-state index in [0.717, 1.165) is 32.6 Å². The molecule has 156 valence electrons. The average molecular weight is 476 g/mol. The number of benzene rings is 1. The Morgan fingerprint density at radius 1 is 1.10 bits per heavy atom. The minimum atomic E-state index is -0.703. The van der Waals surface area contributed by atoms with Gasteiger partial charge in [-0.05, 0) is 57.0 Å². The van der Waals surface area contributed by atoms with Crippen molar-refractivity contribution in [1.29, 1.82) is 0 Å². The number of ether oxygens (including phenoxy) is 1. The molecule has 3 rings (SSSR count). The summed E-state index contributed by atoms with van der Waals surface area (Å²) in [6, 6.07) is 10.0. The van der Waals surface area contributed by atoms with Crippen molar-refractivity contribution in [1.82, 2.24) is 14.8 Å². The molecule has 0 aliphatic rings. The number of nitrogens with zero attached hydrogens (tertiary/aromatic N) is 3. The van der Waals surface area contributed by atoms with E-state index in [1.165, 1.54) is 0 Å². The van der Waals surface area contributed by atoms with Crippen LogP contribution in [0.2, 0.25) is 5.04 Å². The zero-order valence-electron chi connectivity index (χ0n) is 18.3. The van der Waals surface area contributed by atoms with Gasteiger partial charge in [-0.1, -0.05) is 42.8 Å². The summed E-state index contributed by atoms with van der Waals surface area (Å²) in [6.45, 7) is 14.9. The quantitative estimate of drug-likeness (QED) is 0.440. The molecule has 0 spiro atoms. The van der Waals surface area contributed by atoms with Crippen LogP contribution in [0.25, 0.3) is 16.7 Å². The van der Waals surface area contributed by atoms with Crippen molar-refractivity contribution in [2.24, 2.45) is 0 Å². The summed E-state index contributed by atoms with van der Waals surface area (Å²) in [5, 5.41) is 5.80. The smallest absolute Gasteiger partial charge is 0.168 e. The molecule has 2 aromatic heterocycles. The molecule has 0 fully saturated rings. The molecule has 0 saturated heterocycles. The lowest BCUT2D eigenvalue weighted by atomic mass is 10.1. The number of fused-ring (bicyclic) bond motifs is 1. The van der Waals surface area contributed by atoms with E-state index < -0.39 is 15.4 Å². The number of rotatable bonds is 6. The molecule has 0 radical (unpaired) electrons. The van der Waals surface area contributed by atoms with Crippen LogP contribution in [0.5, 0.6) is 5.75 Å². The van der Waals surface area contributed by atoms with Crippen LogP contribution < -0.4 is 4.74 Å². The summed E-state index contributed by atoms with van der Waals surface area (Å²) in [7, 11) is -0.703. The van der Waals surface area contributed by atoms with Crippen molar-refractivity contribution in [2.75, 3.05) is 0 Å². The van der Waals surface area contributed by atoms with Crippen LogP contribution in [0.1, 0.15) is 54.2 Å². The molecule has 1 aromatic carbocycles. The topological polar surface area (TPSA) is 49.2 Å². The molecule has 29 heavy (non-hydrogen) atoms. The van der Waals surface area contributed by atoms with Gasteiger partial charge in [0.25, 0.3) is 0 Å². The summed E-state index contributed by atoms with van der Waals surface area (Å²) in [5.41, 5.74) is 1.41. The van der Waals surface area contributed by atoms with Crippen LogP contribution in [-0.2, 0) is 10.0 Å². The lowest BCUT2D eigenvalue weighted by Crippen LogP contribution is -2.28. The maximum atomic E-state index is 6.34. The highest BCUT2D eigenvalue weighted by molar-refractivity contribution is 9.10. The number of hydrogen-bond donors (Lipinski definition) is 0. The highest BCUT2D eigenvalue weighted by atomic mass is 79.9. The van der Waals surface area contributed by atoms with Crippen LogP contribution in [-0.4, -0.2) is 30.6 Å². The van der Waals surface area contributed by atoms with E-state index in [2.05, 4.69) is 55.6 Å². The molecule has 0 bridgehead atoms.